The number of sulfonamides is 1. The van der Waals surface area contributed by atoms with E-state index in [9.17, 15) is 13.2 Å². The fourth-order valence-electron chi connectivity index (χ4n) is 4.11. The van der Waals surface area contributed by atoms with E-state index in [2.05, 4.69) is 15.2 Å². The second kappa shape index (κ2) is 6.66. The van der Waals surface area contributed by atoms with Crippen molar-refractivity contribution in [2.45, 2.75) is 33.2 Å². The van der Waals surface area contributed by atoms with E-state index in [0.717, 1.165) is 5.69 Å². The van der Waals surface area contributed by atoms with Gasteiger partial charge in [0.15, 0.2) is 5.82 Å². The molecule has 0 radical (unpaired) electrons. The number of carbonyl (C=O) groups is 1. The number of hydrogen-bond donors (Lipinski definition) is 0. The smallest absolute Gasteiger partial charge is 0.244 e. The SMILES string of the molecule is CCS(=O)(=O)N1CC(c2nc(C)no2)C2(CN(C(=O)Cn3ccc(C)n3)C2)C1. The van der Waals surface area contributed by atoms with Crippen LogP contribution in [0.1, 0.15) is 30.3 Å². The van der Waals surface area contributed by atoms with Gasteiger partial charge in [-0.1, -0.05) is 5.16 Å². The summed E-state index contributed by atoms with van der Waals surface area (Å²) < 4.78 is 33.4. The van der Waals surface area contributed by atoms with E-state index in [1.807, 2.05) is 13.0 Å². The minimum absolute atomic E-state index is 0.0361. The first-order chi connectivity index (χ1) is 13.2. The highest BCUT2D eigenvalue weighted by molar-refractivity contribution is 7.89. The summed E-state index contributed by atoms with van der Waals surface area (Å²) in [5.74, 6) is 0.751. The van der Waals surface area contributed by atoms with Crippen LogP contribution in [0, 0.1) is 19.3 Å². The van der Waals surface area contributed by atoms with Crippen LogP contribution in [0.3, 0.4) is 0 Å². The van der Waals surface area contributed by atoms with Gasteiger partial charge in [-0.25, -0.2) is 12.7 Å². The molecule has 10 nitrogen and oxygen atoms in total. The number of amides is 1. The molecule has 1 atom stereocenters. The van der Waals surface area contributed by atoms with Crippen molar-refractivity contribution in [3.63, 3.8) is 0 Å². The Bertz CT molecular complexity index is 991. The number of carbonyl (C=O) groups excluding carboxylic acids is 1. The molecule has 152 valence electrons. The molecule has 2 saturated heterocycles. The summed E-state index contributed by atoms with van der Waals surface area (Å²) in [6.45, 7) is 7.01. The van der Waals surface area contributed by atoms with E-state index in [4.69, 9.17) is 4.52 Å². The van der Waals surface area contributed by atoms with Gasteiger partial charge in [0.25, 0.3) is 0 Å². The maximum absolute atomic E-state index is 12.6. The molecule has 4 heterocycles. The molecule has 2 aromatic rings. The van der Waals surface area contributed by atoms with Crippen LogP contribution >= 0.6 is 0 Å². The van der Waals surface area contributed by atoms with Crippen LogP contribution in [0.2, 0.25) is 0 Å². The Morgan fingerprint density at radius 1 is 1.32 bits per heavy atom. The Hall–Kier alpha value is -2.27. The monoisotopic (exact) mass is 408 g/mol. The minimum atomic E-state index is -3.34. The van der Waals surface area contributed by atoms with Crippen LogP contribution in [0.25, 0.3) is 0 Å². The first-order valence-electron chi connectivity index (χ1n) is 9.28. The summed E-state index contributed by atoms with van der Waals surface area (Å²) in [5, 5.41) is 8.11. The quantitative estimate of drug-likeness (QED) is 0.692. The Labute approximate surface area is 163 Å². The van der Waals surface area contributed by atoms with Crippen molar-refractivity contribution in [3.8, 4) is 0 Å². The van der Waals surface area contributed by atoms with Gasteiger partial charge in [-0.15, -0.1) is 0 Å². The molecule has 1 unspecified atom stereocenters. The Balaban J connectivity index is 1.52. The predicted octanol–water partition coefficient (Wildman–Crippen LogP) is 0.161. The van der Waals surface area contributed by atoms with Crippen molar-refractivity contribution in [1.82, 2.24) is 29.1 Å². The molecule has 2 aliphatic rings. The van der Waals surface area contributed by atoms with E-state index in [0.29, 0.717) is 37.9 Å². The standard InChI is InChI=1S/C17H24N6O4S/c1-4-28(25,26)23-7-14(16-18-13(3)20-27-16)17(11-23)9-21(10-17)15(24)8-22-6-5-12(2)19-22/h5-6,14H,4,7-11H2,1-3H3. The van der Waals surface area contributed by atoms with E-state index in [1.165, 1.54) is 4.31 Å². The third kappa shape index (κ3) is 3.22. The average molecular weight is 408 g/mol. The van der Waals surface area contributed by atoms with Crippen LogP contribution in [0.15, 0.2) is 16.8 Å². The van der Waals surface area contributed by atoms with E-state index in [1.54, 1.807) is 29.6 Å². The van der Waals surface area contributed by atoms with E-state index in [-0.39, 0.29) is 24.1 Å². The maximum atomic E-state index is 12.6. The lowest BCUT2D eigenvalue weighted by Crippen LogP contribution is -2.62. The summed E-state index contributed by atoms with van der Waals surface area (Å²) >= 11 is 0. The molecule has 11 heteroatoms. The Morgan fingerprint density at radius 2 is 2.07 bits per heavy atom. The van der Waals surface area contributed by atoms with Crippen molar-refractivity contribution in [2.24, 2.45) is 5.41 Å². The normalized spacial score (nSPS) is 22.0. The van der Waals surface area contributed by atoms with Gasteiger partial charge in [0.1, 0.15) is 6.54 Å². The van der Waals surface area contributed by atoms with Crippen LogP contribution < -0.4 is 0 Å². The molecule has 1 spiro atoms. The van der Waals surface area contributed by atoms with Crippen LogP contribution in [-0.2, 0) is 21.4 Å². The summed E-state index contributed by atoms with van der Waals surface area (Å²) in [6, 6.07) is 1.85. The molecule has 4 rings (SSSR count). The fourth-order valence-corrected chi connectivity index (χ4v) is 5.31. The van der Waals surface area contributed by atoms with Gasteiger partial charge in [-0.3, -0.25) is 9.48 Å². The highest BCUT2D eigenvalue weighted by Gasteiger charge is 2.59. The number of nitrogens with zero attached hydrogens (tertiary/aromatic N) is 6. The third-order valence-corrected chi connectivity index (χ3v) is 7.45. The second-order valence-electron chi connectivity index (χ2n) is 7.69. The Morgan fingerprint density at radius 3 is 2.64 bits per heavy atom. The maximum Gasteiger partial charge on any atom is 0.244 e. The highest BCUT2D eigenvalue weighted by atomic mass is 32.2. The molecule has 2 aromatic heterocycles. The lowest BCUT2D eigenvalue weighted by atomic mass is 9.71. The fraction of sp³-hybridized carbons (Fsp3) is 0.647. The summed E-state index contributed by atoms with van der Waals surface area (Å²) in [5.41, 5.74) is 0.465. The van der Waals surface area contributed by atoms with E-state index < -0.39 is 15.4 Å². The number of aryl methyl sites for hydroxylation is 2. The molecule has 2 fully saturated rings. The molecule has 28 heavy (non-hydrogen) atoms. The molecule has 0 N–H and O–H groups in total. The van der Waals surface area contributed by atoms with Crippen LogP contribution in [-0.4, -0.2) is 75.4 Å². The summed E-state index contributed by atoms with van der Waals surface area (Å²) in [7, 11) is -3.34. The topological polar surface area (TPSA) is 114 Å². The zero-order chi connectivity index (χ0) is 20.1. The highest BCUT2D eigenvalue weighted by Crippen LogP contribution is 2.49. The summed E-state index contributed by atoms with van der Waals surface area (Å²) in [4.78, 5) is 18.7. The molecule has 0 aromatic carbocycles. The lowest BCUT2D eigenvalue weighted by molar-refractivity contribution is -0.144. The molecule has 2 aliphatic heterocycles. The largest absolute Gasteiger partial charge is 0.340 e. The average Bonchev–Trinajstić information content (AvgIpc) is 3.31. The first kappa shape index (κ1) is 19.1. The Kier molecular flexibility index (Phi) is 4.53. The van der Waals surface area contributed by atoms with Gasteiger partial charge in [0, 0.05) is 37.8 Å². The van der Waals surface area contributed by atoms with Crippen LogP contribution in [0.5, 0.6) is 0 Å². The van der Waals surface area contributed by atoms with Crippen molar-refractivity contribution in [1.29, 1.82) is 0 Å². The molecule has 1 amide bonds. The van der Waals surface area contributed by atoms with Gasteiger partial charge >= 0.3 is 0 Å². The molecule has 0 bridgehead atoms. The van der Waals surface area contributed by atoms with Crippen molar-refractivity contribution < 1.29 is 17.7 Å². The number of hydrogen-bond acceptors (Lipinski definition) is 7. The second-order valence-corrected chi connectivity index (χ2v) is 9.95. The third-order valence-electron chi connectivity index (χ3n) is 5.65. The summed E-state index contributed by atoms with van der Waals surface area (Å²) in [6.07, 6.45) is 1.78. The van der Waals surface area contributed by atoms with Gasteiger partial charge in [-0.2, -0.15) is 10.1 Å². The van der Waals surface area contributed by atoms with Crippen molar-refractivity contribution in [2.75, 3.05) is 31.9 Å². The predicted molar refractivity (Wildman–Crippen MR) is 98.8 cm³/mol. The zero-order valence-corrected chi connectivity index (χ0v) is 17.0. The van der Waals surface area contributed by atoms with E-state index >= 15 is 0 Å². The zero-order valence-electron chi connectivity index (χ0n) is 16.2. The van der Waals surface area contributed by atoms with Crippen LogP contribution in [0.4, 0.5) is 0 Å². The minimum Gasteiger partial charge on any atom is -0.340 e. The molecule has 0 aliphatic carbocycles. The first-order valence-corrected chi connectivity index (χ1v) is 10.9. The molecular weight excluding hydrogens is 384 g/mol. The number of aromatic nitrogens is 4. The lowest BCUT2D eigenvalue weighted by Gasteiger charge is -2.50. The van der Waals surface area contributed by atoms with Crippen molar-refractivity contribution >= 4 is 15.9 Å². The van der Waals surface area contributed by atoms with Gasteiger partial charge in [-0.05, 0) is 26.8 Å². The van der Waals surface area contributed by atoms with Gasteiger partial charge in [0.05, 0.1) is 17.4 Å². The van der Waals surface area contributed by atoms with Gasteiger partial charge in [0.2, 0.25) is 21.8 Å². The molecule has 0 saturated carbocycles. The number of rotatable bonds is 5. The van der Waals surface area contributed by atoms with Crippen molar-refractivity contribution in [3.05, 3.63) is 29.7 Å². The van der Waals surface area contributed by atoms with Gasteiger partial charge < -0.3 is 9.42 Å². The molecular formula is C17H24N6O4S. The number of likely N-dealkylation sites (tertiary alicyclic amines) is 1.